The Labute approximate surface area is 115 Å². The van der Waals surface area contributed by atoms with Crippen LogP contribution in [0, 0.1) is 17.8 Å². The highest BCUT2D eigenvalue weighted by Gasteiger charge is 2.19. The first kappa shape index (κ1) is 15.4. The van der Waals surface area contributed by atoms with E-state index in [1.54, 1.807) is 13.2 Å². The molecule has 0 radical (unpaired) electrons. The topological polar surface area (TPSA) is 66.9 Å². The van der Waals surface area contributed by atoms with Crippen molar-refractivity contribution in [2.45, 2.75) is 27.7 Å². The second kappa shape index (κ2) is 7.07. The summed E-state index contributed by atoms with van der Waals surface area (Å²) in [6.45, 7) is 9.39. The first-order chi connectivity index (χ1) is 8.95. The number of nitrogens with one attached hydrogen (secondary N) is 2. The predicted octanol–water partition coefficient (Wildman–Crippen LogP) is 2.18. The van der Waals surface area contributed by atoms with E-state index in [9.17, 15) is 4.79 Å². The number of rotatable bonds is 6. The summed E-state index contributed by atoms with van der Waals surface area (Å²) in [7, 11) is 1.76. The lowest BCUT2D eigenvalue weighted by atomic mass is 9.85. The van der Waals surface area contributed by atoms with Gasteiger partial charge in [-0.15, -0.1) is 0 Å². The number of anilines is 1. The maximum atomic E-state index is 12.0. The van der Waals surface area contributed by atoms with Gasteiger partial charge in [-0.1, -0.05) is 27.7 Å². The van der Waals surface area contributed by atoms with Crippen LogP contribution >= 0.6 is 0 Å². The molecule has 0 unspecified atom stereocenters. The first-order valence-electron chi connectivity index (χ1n) is 6.73. The van der Waals surface area contributed by atoms with Crippen molar-refractivity contribution in [1.29, 1.82) is 0 Å². The number of nitrogens with zero attached hydrogens (tertiary/aromatic N) is 2. The molecule has 0 aromatic carbocycles. The van der Waals surface area contributed by atoms with Crippen LogP contribution in [0.25, 0.3) is 0 Å². The Kier molecular flexibility index (Phi) is 5.73. The zero-order valence-electron chi connectivity index (χ0n) is 12.4. The van der Waals surface area contributed by atoms with E-state index in [0.29, 0.717) is 35.8 Å². The molecule has 5 heteroatoms. The first-order valence-corrected chi connectivity index (χ1v) is 6.73. The van der Waals surface area contributed by atoms with Crippen LogP contribution in [-0.4, -0.2) is 29.5 Å². The molecule has 2 N–H and O–H groups in total. The molecule has 1 aromatic rings. The van der Waals surface area contributed by atoms with Gasteiger partial charge in [-0.3, -0.25) is 4.79 Å². The fraction of sp³-hybridized carbons (Fsp3) is 0.643. The van der Waals surface area contributed by atoms with Gasteiger partial charge >= 0.3 is 0 Å². The third-order valence-corrected chi connectivity index (χ3v) is 3.35. The molecule has 0 aliphatic heterocycles. The smallest absolute Gasteiger partial charge is 0.271 e. The molecule has 0 bridgehead atoms. The molecule has 1 rings (SSSR count). The van der Waals surface area contributed by atoms with Gasteiger partial charge in [-0.2, -0.15) is 0 Å². The average Bonchev–Trinajstić information content (AvgIpc) is 2.38. The van der Waals surface area contributed by atoms with Crippen molar-refractivity contribution in [2.24, 2.45) is 17.8 Å². The summed E-state index contributed by atoms with van der Waals surface area (Å²) in [5.74, 6) is 2.03. The summed E-state index contributed by atoms with van der Waals surface area (Å²) in [4.78, 5) is 20.1. The fourth-order valence-corrected chi connectivity index (χ4v) is 2.12. The van der Waals surface area contributed by atoms with Gasteiger partial charge in [0, 0.05) is 13.6 Å². The molecule has 19 heavy (non-hydrogen) atoms. The van der Waals surface area contributed by atoms with E-state index >= 15 is 0 Å². The summed E-state index contributed by atoms with van der Waals surface area (Å²) in [6.07, 6.45) is 3.04. The summed E-state index contributed by atoms with van der Waals surface area (Å²) in [6, 6.07) is 0. The second-order valence-electron chi connectivity index (χ2n) is 5.40. The third kappa shape index (κ3) is 4.50. The highest BCUT2D eigenvalue weighted by atomic mass is 16.1. The molecular formula is C14H24N4O. The second-order valence-corrected chi connectivity index (χ2v) is 5.40. The maximum absolute atomic E-state index is 12.0. The lowest BCUT2D eigenvalue weighted by molar-refractivity contribution is 0.0932. The summed E-state index contributed by atoms with van der Waals surface area (Å²) in [5.41, 5.74) is 0.352. The van der Waals surface area contributed by atoms with E-state index in [2.05, 4.69) is 48.3 Å². The Morgan fingerprint density at radius 3 is 2.21 bits per heavy atom. The lowest BCUT2D eigenvalue weighted by Crippen LogP contribution is -2.34. The van der Waals surface area contributed by atoms with Gasteiger partial charge in [-0.25, -0.2) is 9.97 Å². The standard InChI is InChI=1S/C14H24N4O/c1-9(2)11(10(3)4)6-18-14(19)12-7-17-13(15-5)8-16-12/h7-11H,6H2,1-5H3,(H,15,17)(H,18,19). The van der Waals surface area contributed by atoms with Gasteiger partial charge in [0.1, 0.15) is 11.5 Å². The van der Waals surface area contributed by atoms with Crippen LogP contribution in [0.2, 0.25) is 0 Å². The SMILES string of the molecule is CNc1cnc(C(=O)NCC(C(C)C)C(C)C)cn1. The maximum Gasteiger partial charge on any atom is 0.271 e. The molecule has 1 heterocycles. The highest BCUT2D eigenvalue weighted by molar-refractivity contribution is 5.91. The van der Waals surface area contributed by atoms with E-state index in [0.717, 1.165) is 0 Å². The molecule has 106 valence electrons. The molecule has 1 aromatic heterocycles. The van der Waals surface area contributed by atoms with Gasteiger partial charge in [0.05, 0.1) is 12.4 Å². The van der Waals surface area contributed by atoms with E-state index in [4.69, 9.17) is 0 Å². The summed E-state index contributed by atoms with van der Waals surface area (Å²) in [5, 5.41) is 5.81. The molecule has 1 amide bonds. The van der Waals surface area contributed by atoms with Crippen molar-refractivity contribution in [3.63, 3.8) is 0 Å². The normalized spacial score (nSPS) is 11.2. The number of hydrogen-bond acceptors (Lipinski definition) is 4. The Bertz CT molecular complexity index is 392. The van der Waals surface area contributed by atoms with Crippen molar-refractivity contribution in [1.82, 2.24) is 15.3 Å². The van der Waals surface area contributed by atoms with Gasteiger partial charge in [0.25, 0.3) is 5.91 Å². The zero-order valence-corrected chi connectivity index (χ0v) is 12.4. The van der Waals surface area contributed by atoms with Crippen LogP contribution in [0.4, 0.5) is 5.82 Å². The van der Waals surface area contributed by atoms with Crippen LogP contribution in [0.3, 0.4) is 0 Å². The van der Waals surface area contributed by atoms with Crippen LogP contribution in [0.1, 0.15) is 38.2 Å². The van der Waals surface area contributed by atoms with E-state index in [-0.39, 0.29) is 5.91 Å². The monoisotopic (exact) mass is 264 g/mol. The Hall–Kier alpha value is -1.65. The molecule has 0 saturated carbocycles. The Morgan fingerprint density at radius 2 is 1.79 bits per heavy atom. The Balaban J connectivity index is 2.58. The van der Waals surface area contributed by atoms with Crippen LogP contribution < -0.4 is 10.6 Å². The van der Waals surface area contributed by atoms with Crippen LogP contribution in [0.15, 0.2) is 12.4 Å². The van der Waals surface area contributed by atoms with Crippen LogP contribution in [-0.2, 0) is 0 Å². The van der Waals surface area contributed by atoms with E-state index in [1.807, 2.05) is 0 Å². The van der Waals surface area contributed by atoms with Crippen molar-refractivity contribution >= 4 is 11.7 Å². The van der Waals surface area contributed by atoms with Gasteiger partial charge in [-0.05, 0) is 17.8 Å². The zero-order chi connectivity index (χ0) is 14.4. The van der Waals surface area contributed by atoms with Gasteiger partial charge < -0.3 is 10.6 Å². The number of amides is 1. The molecule has 0 aliphatic rings. The highest BCUT2D eigenvalue weighted by Crippen LogP contribution is 2.19. The molecule has 5 nitrogen and oxygen atoms in total. The minimum Gasteiger partial charge on any atom is -0.372 e. The number of aromatic nitrogens is 2. The molecule has 0 aliphatic carbocycles. The van der Waals surface area contributed by atoms with Gasteiger partial charge in [0.15, 0.2) is 0 Å². The lowest BCUT2D eigenvalue weighted by Gasteiger charge is -2.24. The largest absolute Gasteiger partial charge is 0.372 e. The van der Waals surface area contributed by atoms with Crippen molar-refractivity contribution in [3.8, 4) is 0 Å². The van der Waals surface area contributed by atoms with Crippen molar-refractivity contribution in [3.05, 3.63) is 18.1 Å². The van der Waals surface area contributed by atoms with Crippen LogP contribution in [0.5, 0.6) is 0 Å². The number of hydrogen-bond donors (Lipinski definition) is 2. The molecule has 0 atom stereocenters. The quantitative estimate of drug-likeness (QED) is 0.826. The average molecular weight is 264 g/mol. The van der Waals surface area contributed by atoms with E-state index < -0.39 is 0 Å². The molecule has 0 spiro atoms. The predicted molar refractivity (Wildman–Crippen MR) is 77.1 cm³/mol. The molecule has 0 fully saturated rings. The van der Waals surface area contributed by atoms with Gasteiger partial charge in [0.2, 0.25) is 0 Å². The van der Waals surface area contributed by atoms with E-state index in [1.165, 1.54) is 6.20 Å². The molecular weight excluding hydrogens is 240 g/mol. The summed E-state index contributed by atoms with van der Waals surface area (Å²) < 4.78 is 0. The minimum absolute atomic E-state index is 0.165. The summed E-state index contributed by atoms with van der Waals surface area (Å²) >= 11 is 0. The van der Waals surface area contributed by atoms with Crippen molar-refractivity contribution in [2.75, 3.05) is 18.9 Å². The third-order valence-electron chi connectivity index (χ3n) is 3.35. The molecule has 0 saturated heterocycles. The van der Waals surface area contributed by atoms with Crippen molar-refractivity contribution < 1.29 is 4.79 Å². The Morgan fingerprint density at radius 1 is 1.16 bits per heavy atom. The minimum atomic E-state index is -0.165. The number of carbonyl (C=O) groups is 1. The number of carbonyl (C=O) groups excluding carboxylic acids is 1. The fourth-order valence-electron chi connectivity index (χ4n) is 2.12.